The fraction of sp³-hybridized carbons (Fsp3) is 0. The SMILES string of the molecule is N#Cc1cc(-c2ccccc2)nc(C#N)n1. The second kappa shape index (κ2) is 4.20. The average Bonchev–Trinajstić information content (AvgIpc) is 2.39. The zero-order valence-electron chi connectivity index (χ0n) is 8.25. The highest BCUT2D eigenvalue weighted by Crippen LogP contribution is 2.16. The van der Waals surface area contributed by atoms with E-state index in [0.29, 0.717) is 5.69 Å². The van der Waals surface area contributed by atoms with Gasteiger partial charge in [-0.05, 0) is 0 Å². The normalized spacial score (nSPS) is 9.12. The van der Waals surface area contributed by atoms with Gasteiger partial charge in [0.05, 0.1) is 5.69 Å². The summed E-state index contributed by atoms with van der Waals surface area (Å²) in [6.07, 6.45) is 0. The highest BCUT2D eigenvalue weighted by atomic mass is 14.9. The van der Waals surface area contributed by atoms with Gasteiger partial charge < -0.3 is 0 Å². The molecule has 2 rings (SSSR count). The predicted molar refractivity (Wildman–Crippen MR) is 56.9 cm³/mol. The number of benzene rings is 1. The first-order chi connectivity index (χ1) is 7.83. The molecule has 0 saturated heterocycles. The third-order valence-corrected chi connectivity index (χ3v) is 2.01. The first kappa shape index (κ1) is 9.82. The summed E-state index contributed by atoms with van der Waals surface area (Å²) in [7, 11) is 0. The third-order valence-electron chi connectivity index (χ3n) is 2.01. The molecule has 0 aliphatic carbocycles. The van der Waals surface area contributed by atoms with E-state index < -0.39 is 0 Å². The van der Waals surface area contributed by atoms with E-state index in [0.717, 1.165) is 5.56 Å². The van der Waals surface area contributed by atoms with Crippen molar-refractivity contribution in [3.05, 3.63) is 47.9 Å². The Balaban J connectivity index is 2.59. The summed E-state index contributed by atoms with van der Waals surface area (Å²) in [6, 6.07) is 14.7. The predicted octanol–water partition coefficient (Wildman–Crippen LogP) is 1.89. The van der Waals surface area contributed by atoms with Gasteiger partial charge in [0, 0.05) is 11.6 Å². The quantitative estimate of drug-likeness (QED) is 0.714. The number of hydrogen-bond donors (Lipinski definition) is 0. The molecule has 1 aromatic carbocycles. The van der Waals surface area contributed by atoms with Crippen LogP contribution < -0.4 is 0 Å². The van der Waals surface area contributed by atoms with Crippen molar-refractivity contribution in [3.63, 3.8) is 0 Å². The maximum absolute atomic E-state index is 8.78. The molecule has 2 aromatic rings. The maximum atomic E-state index is 8.78. The first-order valence-corrected chi connectivity index (χ1v) is 4.58. The van der Waals surface area contributed by atoms with Crippen molar-refractivity contribution in [1.29, 1.82) is 10.5 Å². The zero-order chi connectivity index (χ0) is 11.4. The molecule has 1 heterocycles. The second-order valence-electron chi connectivity index (χ2n) is 3.05. The maximum Gasteiger partial charge on any atom is 0.234 e. The van der Waals surface area contributed by atoms with E-state index in [1.165, 1.54) is 0 Å². The molecular formula is C12H6N4. The van der Waals surface area contributed by atoms with Crippen molar-refractivity contribution in [3.8, 4) is 23.4 Å². The lowest BCUT2D eigenvalue weighted by Gasteiger charge is -2.00. The lowest BCUT2D eigenvalue weighted by atomic mass is 10.1. The molecule has 4 nitrogen and oxygen atoms in total. The van der Waals surface area contributed by atoms with Crippen molar-refractivity contribution >= 4 is 0 Å². The fourth-order valence-electron chi connectivity index (χ4n) is 1.31. The van der Waals surface area contributed by atoms with E-state index in [1.54, 1.807) is 6.07 Å². The van der Waals surface area contributed by atoms with Crippen molar-refractivity contribution in [1.82, 2.24) is 9.97 Å². The van der Waals surface area contributed by atoms with Gasteiger partial charge in [-0.2, -0.15) is 10.5 Å². The van der Waals surface area contributed by atoms with Gasteiger partial charge in [-0.3, -0.25) is 0 Å². The molecule has 0 amide bonds. The van der Waals surface area contributed by atoms with Gasteiger partial charge in [0.15, 0.2) is 0 Å². The first-order valence-electron chi connectivity index (χ1n) is 4.58. The summed E-state index contributed by atoms with van der Waals surface area (Å²) in [4.78, 5) is 7.81. The third kappa shape index (κ3) is 1.87. The Morgan fingerprint density at radius 1 is 0.938 bits per heavy atom. The number of nitrogens with zero attached hydrogens (tertiary/aromatic N) is 4. The number of rotatable bonds is 1. The van der Waals surface area contributed by atoms with Crippen molar-refractivity contribution in [2.24, 2.45) is 0 Å². The Labute approximate surface area is 92.4 Å². The van der Waals surface area contributed by atoms with E-state index in [9.17, 15) is 0 Å². The zero-order valence-corrected chi connectivity index (χ0v) is 8.25. The molecule has 1 aromatic heterocycles. The van der Waals surface area contributed by atoms with Crippen LogP contribution in [0, 0.1) is 22.7 Å². The summed E-state index contributed by atoms with van der Waals surface area (Å²) in [5.41, 5.74) is 1.65. The largest absolute Gasteiger partial charge is 0.234 e. The molecule has 16 heavy (non-hydrogen) atoms. The summed E-state index contributed by atoms with van der Waals surface area (Å²) in [5.74, 6) is 0.0119. The van der Waals surface area contributed by atoms with Crippen LogP contribution in [0.15, 0.2) is 36.4 Å². The molecule has 74 valence electrons. The second-order valence-corrected chi connectivity index (χ2v) is 3.05. The van der Waals surface area contributed by atoms with Crippen LogP contribution in [0.2, 0.25) is 0 Å². The lowest BCUT2D eigenvalue weighted by Crippen LogP contribution is -1.95. The van der Waals surface area contributed by atoms with Gasteiger partial charge in [0.2, 0.25) is 5.82 Å². The van der Waals surface area contributed by atoms with Crippen LogP contribution >= 0.6 is 0 Å². The van der Waals surface area contributed by atoms with Crippen LogP contribution in [0.5, 0.6) is 0 Å². The van der Waals surface area contributed by atoms with Crippen LogP contribution in [-0.2, 0) is 0 Å². The Kier molecular flexibility index (Phi) is 2.58. The van der Waals surface area contributed by atoms with E-state index in [1.807, 2.05) is 42.5 Å². The minimum absolute atomic E-state index is 0.0119. The number of nitriles is 2. The van der Waals surface area contributed by atoms with E-state index in [4.69, 9.17) is 10.5 Å². The average molecular weight is 206 g/mol. The molecule has 4 heteroatoms. The summed E-state index contributed by atoms with van der Waals surface area (Å²) >= 11 is 0. The van der Waals surface area contributed by atoms with Crippen LogP contribution in [-0.4, -0.2) is 9.97 Å². The van der Waals surface area contributed by atoms with Gasteiger partial charge in [-0.25, -0.2) is 9.97 Å². The molecule has 0 bridgehead atoms. The Morgan fingerprint density at radius 2 is 1.69 bits per heavy atom. The van der Waals surface area contributed by atoms with Crippen molar-refractivity contribution in [2.45, 2.75) is 0 Å². The minimum atomic E-state index is 0.0119. The molecule has 0 saturated carbocycles. The highest BCUT2D eigenvalue weighted by molar-refractivity contribution is 5.60. The van der Waals surface area contributed by atoms with E-state index in [2.05, 4.69) is 9.97 Å². The number of hydrogen-bond acceptors (Lipinski definition) is 4. The highest BCUT2D eigenvalue weighted by Gasteiger charge is 2.05. The van der Waals surface area contributed by atoms with Crippen LogP contribution in [0.1, 0.15) is 11.5 Å². The molecule has 0 radical (unpaired) electrons. The van der Waals surface area contributed by atoms with Gasteiger partial charge in [0.25, 0.3) is 0 Å². The molecule has 0 N–H and O–H groups in total. The van der Waals surface area contributed by atoms with Crippen LogP contribution in [0.4, 0.5) is 0 Å². The standard InChI is InChI=1S/C12H6N4/c13-7-10-6-11(16-12(8-14)15-10)9-4-2-1-3-5-9/h1-6H. The molecule has 0 aliphatic heterocycles. The number of aromatic nitrogens is 2. The molecular weight excluding hydrogens is 200 g/mol. The van der Waals surface area contributed by atoms with Gasteiger partial charge in [0.1, 0.15) is 17.8 Å². The van der Waals surface area contributed by atoms with Crippen molar-refractivity contribution in [2.75, 3.05) is 0 Å². The summed E-state index contributed by atoms with van der Waals surface area (Å²) in [5, 5.41) is 17.5. The summed E-state index contributed by atoms with van der Waals surface area (Å²) in [6.45, 7) is 0. The molecule has 0 atom stereocenters. The topological polar surface area (TPSA) is 73.4 Å². The Bertz CT molecular complexity index is 558. The monoisotopic (exact) mass is 206 g/mol. The van der Waals surface area contributed by atoms with Gasteiger partial charge >= 0.3 is 0 Å². The van der Waals surface area contributed by atoms with E-state index >= 15 is 0 Å². The molecule has 0 fully saturated rings. The van der Waals surface area contributed by atoms with Gasteiger partial charge in [-0.15, -0.1) is 0 Å². The molecule has 0 spiro atoms. The molecule has 0 aliphatic rings. The molecule has 0 unspecified atom stereocenters. The Hall–Kier alpha value is -2.72. The smallest absolute Gasteiger partial charge is 0.219 e. The lowest BCUT2D eigenvalue weighted by molar-refractivity contribution is 1.10. The minimum Gasteiger partial charge on any atom is -0.219 e. The van der Waals surface area contributed by atoms with Crippen LogP contribution in [0.3, 0.4) is 0 Å². The van der Waals surface area contributed by atoms with Gasteiger partial charge in [-0.1, -0.05) is 30.3 Å². The van der Waals surface area contributed by atoms with Crippen LogP contribution in [0.25, 0.3) is 11.3 Å². The summed E-state index contributed by atoms with van der Waals surface area (Å²) < 4.78 is 0. The fourth-order valence-corrected chi connectivity index (χ4v) is 1.31. The van der Waals surface area contributed by atoms with Crippen molar-refractivity contribution < 1.29 is 0 Å². The Morgan fingerprint density at radius 3 is 2.31 bits per heavy atom. The van der Waals surface area contributed by atoms with E-state index in [-0.39, 0.29) is 11.5 Å².